The summed E-state index contributed by atoms with van der Waals surface area (Å²) in [5.41, 5.74) is 0.850. The third-order valence-corrected chi connectivity index (χ3v) is 6.95. The minimum absolute atomic E-state index is 0.0656. The summed E-state index contributed by atoms with van der Waals surface area (Å²) in [6.07, 6.45) is 5.34. The Bertz CT molecular complexity index is 1100. The molecule has 0 unspecified atom stereocenters. The van der Waals surface area contributed by atoms with Gasteiger partial charge in [-0.2, -0.15) is 4.31 Å². The molecule has 9 heteroatoms. The molecule has 0 atom stereocenters. The maximum atomic E-state index is 13.1. The number of nitrogens with zero attached hydrogens (tertiary/aromatic N) is 1. The van der Waals surface area contributed by atoms with E-state index >= 15 is 0 Å². The maximum absolute atomic E-state index is 13.1. The molecule has 0 spiro atoms. The number of sulfonamides is 1. The molecule has 32 heavy (non-hydrogen) atoms. The monoisotopic (exact) mass is 459 g/mol. The Morgan fingerprint density at radius 1 is 0.969 bits per heavy atom. The van der Waals surface area contributed by atoms with E-state index < -0.39 is 22.0 Å². The third kappa shape index (κ3) is 5.54. The largest absolute Gasteiger partial charge is 0.495 e. The van der Waals surface area contributed by atoms with Gasteiger partial charge in [0, 0.05) is 19.2 Å². The van der Waals surface area contributed by atoms with E-state index in [1.54, 1.807) is 12.1 Å². The van der Waals surface area contributed by atoms with Gasteiger partial charge in [0.2, 0.25) is 10.0 Å². The molecular formula is C23H25NO7S. The molecule has 0 aliphatic carbocycles. The first-order valence-corrected chi connectivity index (χ1v) is 11.6. The van der Waals surface area contributed by atoms with E-state index in [1.165, 1.54) is 61.0 Å². The van der Waals surface area contributed by atoms with E-state index in [2.05, 4.69) is 4.74 Å². The van der Waals surface area contributed by atoms with Gasteiger partial charge in [-0.25, -0.2) is 18.0 Å². The topological polar surface area (TPSA) is 99.2 Å². The second-order valence-corrected chi connectivity index (χ2v) is 9.05. The fourth-order valence-corrected chi connectivity index (χ4v) is 5.04. The van der Waals surface area contributed by atoms with Crippen molar-refractivity contribution in [2.45, 2.75) is 24.2 Å². The molecule has 2 aromatic carbocycles. The van der Waals surface area contributed by atoms with Gasteiger partial charge in [0.05, 0.1) is 19.8 Å². The lowest BCUT2D eigenvalue weighted by atomic mass is 10.2. The van der Waals surface area contributed by atoms with Crippen LogP contribution < -0.4 is 9.47 Å². The average molecular weight is 460 g/mol. The van der Waals surface area contributed by atoms with Crippen molar-refractivity contribution in [2.24, 2.45) is 0 Å². The van der Waals surface area contributed by atoms with Gasteiger partial charge in [0.1, 0.15) is 16.4 Å². The van der Waals surface area contributed by atoms with Gasteiger partial charge in [-0.1, -0.05) is 12.5 Å². The highest BCUT2D eigenvalue weighted by molar-refractivity contribution is 7.89. The molecule has 1 fully saturated rings. The Labute approximate surface area is 187 Å². The van der Waals surface area contributed by atoms with Gasteiger partial charge in [-0.3, -0.25) is 0 Å². The Morgan fingerprint density at radius 3 is 2.28 bits per heavy atom. The zero-order valence-corrected chi connectivity index (χ0v) is 18.8. The highest BCUT2D eigenvalue weighted by Crippen LogP contribution is 2.30. The van der Waals surface area contributed by atoms with Crippen molar-refractivity contribution in [3.8, 4) is 11.5 Å². The summed E-state index contributed by atoms with van der Waals surface area (Å²) < 4.78 is 42.7. The van der Waals surface area contributed by atoms with Crippen LogP contribution in [0.5, 0.6) is 11.5 Å². The highest BCUT2D eigenvalue weighted by atomic mass is 32.2. The predicted octanol–water partition coefficient (Wildman–Crippen LogP) is 3.28. The Balaban J connectivity index is 1.74. The fraction of sp³-hybridized carbons (Fsp3) is 0.304. The number of hydrogen-bond acceptors (Lipinski definition) is 7. The molecule has 0 bridgehead atoms. The lowest BCUT2D eigenvalue weighted by Crippen LogP contribution is -2.35. The van der Waals surface area contributed by atoms with Crippen LogP contribution in [0.25, 0.3) is 6.08 Å². The van der Waals surface area contributed by atoms with Gasteiger partial charge in [0.15, 0.2) is 0 Å². The van der Waals surface area contributed by atoms with Crippen molar-refractivity contribution in [3.05, 3.63) is 59.7 Å². The van der Waals surface area contributed by atoms with Crippen LogP contribution in [-0.4, -0.2) is 52.0 Å². The minimum atomic E-state index is -3.71. The van der Waals surface area contributed by atoms with Crippen LogP contribution >= 0.6 is 0 Å². The minimum Gasteiger partial charge on any atom is -0.495 e. The number of benzene rings is 2. The number of ether oxygens (including phenoxy) is 3. The molecule has 0 aromatic heterocycles. The van der Waals surface area contributed by atoms with Crippen molar-refractivity contribution in [1.82, 2.24) is 4.31 Å². The summed E-state index contributed by atoms with van der Waals surface area (Å²) in [6.45, 7) is 0.958. The van der Waals surface area contributed by atoms with Crippen molar-refractivity contribution in [3.63, 3.8) is 0 Å². The Hall–Kier alpha value is -3.17. The van der Waals surface area contributed by atoms with E-state index in [4.69, 9.17) is 9.47 Å². The lowest BCUT2D eigenvalue weighted by molar-refractivity contribution is -0.128. The molecule has 1 saturated heterocycles. The number of piperidine rings is 1. The zero-order valence-electron chi connectivity index (χ0n) is 17.9. The highest BCUT2D eigenvalue weighted by Gasteiger charge is 2.29. The van der Waals surface area contributed by atoms with Crippen LogP contribution in [0.2, 0.25) is 0 Å². The standard InChI is InChI=1S/C23H25NO7S/c1-29-20-12-6-17(16-21(20)32(27,28)24-14-4-3-5-15-24)7-13-22(25)31-19-10-8-18(9-11-19)23(26)30-2/h6-13,16H,3-5,14-15H2,1-2H3/b13-7+. The zero-order chi connectivity index (χ0) is 23.1. The molecule has 3 rings (SSSR count). The number of esters is 2. The normalized spacial score (nSPS) is 14.8. The van der Waals surface area contributed by atoms with Crippen molar-refractivity contribution >= 4 is 28.0 Å². The van der Waals surface area contributed by atoms with Crippen molar-refractivity contribution in [2.75, 3.05) is 27.3 Å². The molecule has 2 aromatic rings. The molecule has 8 nitrogen and oxygen atoms in total. The quantitative estimate of drug-likeness (QED) is 0.356. The molecule has 1 aliphatic rings. The van der Waals surface area contributed by atoms with Crippen LogP contribution in [0, 0.1) is 0 Å². The first kappa shape index (κ1) is 23.5. The molecule has 1 heterocycles. The van der Waals surface area contributed by atoms with Gasteiger partial charge in [-0.15, -0.1) is 0 Å². The molecular weight excluding hydrogens is 434 g/mol. The summed E-state index contributed by atoms with van der Waals surface area (Å²) in [6, 6.07) is 10.6. The van der Waals surface area contributed by atoms with Crippen LogP contribution in [0.15, 0.2) is 53.4 Å². The summed E-state index contributed by atoms with van der Waals surface area (Å²) in [5.74, 6) is -0.624. The van der Waals surface area contributed by atoms with E-state index in [0.717, 1.165) is 19.3 Å². The van der Waals surface area contributed by atoms with Gasteiger partial charge in [0.25, 0.3) is 0 Å². The number of carbonyl (C=O) groups is 2. The van der Waals surface area contributed by atoms with Crippen LogP contribution in [0.1, 0.15) is 35.2 Å². The van der Waals surface area contributed by atoms with E-state index in [1.807, 2.05) is 0 Å². The average Bonchev–Trinajstić information content (AvgIpc) is 2.83. The van der Waals surface area contributed by atoms with E-state index in [0.29, 0.717) is 24.2 Å². The summed E-state index contributed by atoms with van der Waals surface area (Å²) in [7, 11) is -1.01. The number of hydrogen-bond donors (Lipinski definition) is 0. The molecule has 0 N–H and O–H groups in total. The van der Waals surface area contributed by atoms with Crippen LogP contribution in [0.3, 0.4) is 0 Å². The smallest absolute Gasteiger partial charge is 0.337 e. The maximum Gasteiger partial charge on any atom is 0.337 e. The number of methoxy groups -OCH3 is 2. The number of rotatable bonds is 7. The predicted molar refractivity (Wildman–Crippen MR) is 118 cm³/mol. The Morgan fingerprint density at radius 2 is 1.66 bits per heavy atom. The van der Waals surface area contributed by atoms with Crippen LogP contribution in [0.4, 0.5) is 0 Å². The van der Waals surface area contributed by atoms with Gasteiger partial charge in [-0.05, 0) is 60.9 Å². The summed E-state index contributed by atoms with van der Waals surface area (Å²) in [5, 5.41) is 0. The summed E-state index contributed by atoms with van der Waals surface area (Å²) in [4.78, 5) is 23.7. The van der Waals surface area contributed by atoms with E-state index in [-0.39, 0.29) is 16.4 Å². The first-order valence-electron chi connectivity index (χ1n) is 10.1. The van der Waals surface area contributed by atoms with Crippen molar-refractivity contribution in [1.29, 1.82) is 0 Å². The molecule has 170 valence electrons. The Kier molecular flexibility index (Phi) is 7.66. The van der Waals surface area contributed by atoms with Gasteiger partial charge >= 0.3 is 11.9 Å². The van der Waals surface area contributed by atoms with E-state index in [9.17, 15) is 18.0 Å². The van der Waals surface area contributed by atoms with Crippen LogP contribution in [-0.2, 0) is 19.6 Å². The lowest BCUT2D eigenvalue weighted by Gasteiger charge is -2.26. The molecule has 1 aliphatic heterocycles. The second kappa shape index (κ2) is 10.4. The molecule has 0 amide bonds. The SMILES string of the molecule is COC(=O)c1ccc(OC(=O)/C=C/c2ccc(OC)c(S(=O)(=O)N3CCCCC3)c2)cc1. The first-order chi connectivity index (χ1) is 15.3. The molecule has 0 saturated carbocycles. The van der Waals surface area contributed by atoms with Crippen molar-refractivity contribution < 1.29 is 32.2 Å². The van der Waals surface area contributed by atoms with Gasteiger partial charge < -0.3 is 14.2 Å². The second-order valence-electron chi connectivity index (χ2n) is 7.15. The fourth-order valence-electron chi connectivity index (χ4n) is 3.33. The number of carbonyl (C=O) groups excluding carboxylic acids is 2. The molecule has 0 radical (unpaired) electrons. The third-order valence-electron chi connectivity index (χ3n) is 5.03. The summed E-state index contributed by atoms with van der Waals surface area (Å²) >= 11 is 0.